The van der Waals surface area contributed by atoms with Gasteiger partial charge in [-0.2, -0.15) is 0 Å². The lowest BCUT2D eigenvalue weighted by atomic mass is 9.98. The Hall–Kier alpha value is -0.900. The molecular weight excluding hydrogens is 292 g/mol. The van der Waals surface area contributed by atoms with Gasteiger partial charge in [0.25, 0.3) is 5.91 Å². The predicted molar refractivity (Wildman–Crippen MR) is 73.2 cm³/mol. The molecule has 1 aromatic heterocycles. The summed E-state index contributed by atoms with van der Waals surface area (Å²) in [5.41, 5.74) is 0.642. The molecule has 3 nitrogen and oxygen atoms in total. The third-order valence-corrected chi connectivity index (χ3v) is 4.41. The molecule has 0 aromatic carbocycles. The zero-order valence-corrected chi connectivity index (χ0v) is 11.8. The Balaban J connectivity index is 1.55. The van der Waals surface area contributed by atoms with E-state index in [4.69, 9.17) is 0 Å². The summed E-state index contributed by atoms with van der Waals surface area (Å²) in [5, 5.41) is 3.07. The van der Waals surface area contributed by atoms with Crippen molar-refractivity contribution < 1.29 is 4.79 Å². The first-order valence-electron chi connectivity index (χ1n) is 6.64. The maximum absolute atomic E-state index is 12.0. The zero-order valence-electron chi connectivity index (χ0n) is 10.2. The molecule has 1 amide bonds. The van der Waals surface area contributed by atoms with E-state index in [0.29, 0.717) is 5.56 Å². The summed E-state index contributed by atoms with van der Waals surface area (Å²) in [4.78, 5) is 16.1. The third kappa shape index (κ3) is 2.91. The number of carbonyl (C=O) groups excluding carboxylic acids is 1. The summed E-state index contributed by atoms with van der Waals surface area (Å²) in [6.07, 6.45) is 7.05. The molecule has 18 heavy (non-hydrogen) atoms. The average molecular weight is 309 g/mol. The maximum atomic E-state index is 12.0. The molecule has 0 bridgehead atoms. The molecule has 2 saturated carbocycles. The van der Waals surface area contributed by atoms with Crippen LogP contribution in [-0.4, -0.2) is 17.4 Å². The second-order valence-corrected chi connectivity index (χ2v) is 6.23. The summed E-state index contributed by atoms with van der Waals surface area (Å²) >= 11 is 3.27. The molecular formula is C14H17BrN2O. The first-order valence-corrected chi connectivity index (χ1v) is 7.43. The molecule has 2 aliphatic rings. The molecule has 0 aliphatic heterocycles. The minimum atomic E-state index is 0.00120. The Morgan fingerprint density at radius 2 is 2.00 bits per heavy atom. The number of aromatic nitrogens is 1. The fraction of sp³-hybridized carbons (Fsp3) is 0.571. The van der Waals surface area contributed by atoms with Crippen molar-refractivity contribution in [3.05, 3.63) is 28.5 Å². The third-order valence-electron chi connectivity index (χ3n) is 3.94. The van der Waals surface area contributed by atoms with E-state index in [1.54, 1.807) is 18.3 Å². The predicted octanol–water partition coefficient (Wildman–Crippen LogP) is 3.01. The molecule has 4 heteroatoms. The number of amides is 1. The number of nitrogens with zero attached hydrogens (tertiary/aromatic N) is 1. The molecule has 1 N–H and O–H groups in total. The molecule has 0 saturated heterocycles. The fourth-order valence-electron chi connectivity index (χ4n) is 2.59. The van der Waals surface area contributed by atoms with Gasteiger partial charge in [-0.05, 0) is 71.5 Å². The SMILES string of the molecule is O=C(NCC(C1CC1)C1CC1)c1ccc(Br)nc1. The number of pyridine rings is 1. The van der Waals surface area contributed by atoms with E-state index >= 15 is 0 Å². The van der Waals surface area contributed by atoms with Crippen LogP contribution in [0.4, 0.5) is 0 Å². The van der Waals surface area contributed by atoms with Crippen LogP contribution in [0, 0.1) is 17.8 Å². The normalized spacial score (nSPS) is 19.0. The number of rotatable bonds is 5. The van der Waals surface area contributed by atoms with Crippen molar-refractivity contribution in [2.24, 2.45) is 17.8 Å². The minimum Gasteiger partial charge on any atom is -0.352 e. The van der Waals surface area contributed by atoms with Gasteiger partial charge in [-0.15, -0.1) is 0 Å². The molecule has 0 atom stereocenters. The summed E-state index contributed by atoms with van der Waals surface area (Å²) in [6, 6.07) is 3.60. The van der Waals surface area contributed by atoms with Gasteiger partial charge in [-0.1, -0.05) is 0 Å². The van der Waals surface area contributed by atoms with Gasteiger partial charge in [-0.3, -0.25) is 4.79 Å². The average Bonchev–Trinajstić information content (AvgIpc) is 3.24. The highest BCUT2D eigenvalue weighted by molar-refractivity contribution is 9.10. The van der Waals surface area contributed by atoms with Crippen molar-refractivity contribution in [2.75, 3.05) is 6.54 Å². The monoisotopic (exact) mass is 308 g/mol. The lowest BCUT2D eigenvalue weighted by molar-refractivity contribution is 0.0943. The molecule has 0 radical (unpaired) electrons. The molecule has 96 valence electrons. The largest absolute Gasteiger partial charge is 0.352 e. The lowest BCUT2D eigenvalue weighted by Crippen LogP contribution is -2.31. The molecule has 2 aliphatic carbocycles. The van der Waals surface area contributed by atoms with Crippen LogP contribution in [0.3, 0.4) is 0 Å². The van der Waals surface area contributed by atoms with Crippen LogP contribution in [0.1, 0.15) is 36.0 Å². The standard InChI is InChI=1S/C14H17BrN2O/c15-13-6-5-11(7-16-13)14(18)17-8-12(9-1-2-9)10-3-4-10/h5-7,9-10,12H,1-4,8H2,(H,17,18). The van der Waals surface area contributed by atoms with Gasteiger partial charge in [0.1, 0.15) is 4.60 Å². The smallest absolute Gasteiger partial charge is 0.252 e. The Morgan fingerprint density at radius 3 is 2.50 bits per heavy atom. The molecule has 0 unspecified atom stereocenters. The number of carbonyl (C=O) groups is 1. The second kappa shape index (κ2) is 5.00. The van der Waals surface area contributed by atoms with Crippen LogP contribution in [0.2, 0.25) is 0 Å². The van der Waals surface area contributed by atoms with Gasteiger partial charge in [0.05, 0.1) is 5.56 Å². The van der Waals surface area contributed by atoms with Gasteiger partial charge >= 0.3 is 0 Å². The van der Waals surface area contributed by atoms with Gasteiger partial charge < -0.3 is 5.32 Å². The van der Waals surface area contributed by atoms with Gasteiger partial charge in [-0.25, -0.2) is 4.98 Å². The minimum absolute atomic E-state index is 0.00120. The zero-order chi connectivity index (χ0) is 12.5. The maximum Gasteiger partial charge on any atom is 0.252 e. The summed E-state index contributed by atoms with van der Waals surface area (Å²) in [7, 11) is 0. The highest BCUT2D eigenvalue weighted by Crippen LogP contribution is 2.48. The number of halogens is 1. The Morgan fingerprint density at radius 1 is 1.33 bits per heavy atom. The van der Waals surface area contributed by atoms with Crippen molar-refractivity contribution in [1.82, 2.24) is 10.3 Å². The highest BCUT2D eigenvalue weighted by atomic mass is 79.9. The van der Waals surface area contributed by atoms with Crippen molar-refractivity contribution in [3.63, 3.8) is 0 Å². The van der Waals surface area contributed by atoms with E-state index in [0.717, 1.165) is 28.9 Å². The summed E-state index contributed by atoms with van der Waals surface area (Å²) < 4.78 is 0.757. The van der Waals surface area contributed by atoms with Crippen molar-refractivity contribution in [1.29, 1.82) is 0 Å². The van der Waals surface area contributed by atoms with E-state index in [-0.39, 0.29) is 5.91 Å². The van der Waals surface area contributed by atoms with Crippen LogP contribution in [0.25, 0.3) is 0 Å². The lowest BCUT2D eigenvalue weighted by Gasteiger charge is -2.16. The summed E-state index contributed by atoms with van der Waals surface area (Å²) in [5.74, 6) is 2.47. The van der Waals surface area contributed by atoms with Crippen molar-refractivity contribution >= 4 is 21.8 Å². The van der Waals surface area contributed by atoms with E-state index in [9.17, 15) is 4.79 Å². The Kier molecular flexibility index (Phi) is 3.37. The van der Waals surface area contributed by atoms with Crippen LogP contribution in [-0.2, 0) is 0 Å². The first kappa shape index (κ1) is 12.2. The fourth-order valence-corrected chi connectivity index (χ4v) is 2.82. The second-order valence-electron chi connectivity index (χ2n) is 5.42. The molecule has 0 spiro atoms. The molecule has 3 rings (SSSR count). The first-order chi connectivity index (χ1) is 8.74. The molecule has 1 heterocycles. The van der Waals surface area contributed by atoms with E-state index in [1.807, 2.05) is 0 Å². The van der Waals surface area contributed by atoms with Crippen LogP contribution >= 0.6 is 15.9 Å². The number of hydrogen-bond acceptors (Lipinski definition) is 2. The van der Waals surface area contributed by atoms with Crippen molar-refractivity contribution in [3.8, 4) is 0 Å². The Bertz CT molecular complexity index is 426. The van der Waals surface area contributed by atoms with Gasteiger partial charge in [0, 0.05) is 12.7 Å². The molecule has 2 fully saturated rings. The van der Waals surface area contributed by atoms with Crippen LogP contribution < -0.4 is 5.32 Å². The quantitative estimate of drug-likeness (QED) is 0.850. The van der Waals surface area contributed by atoms with E-state index in [1.165, 1.54) is 25.7 Å². The molecule has 1 aromatic rings. The van der Waals surface area contributed by atoms with E-state index in [2.05, 4.69) is 26.2 Å². The number of hydrogen-bond donors (Lipinski definition) is 1. The van der Waals surface area contributed by atoms with Gasteiger partial charge in [0.15, 0.2) is 0 Å². The van der Waals surface area contributed by atoms with Gasteiger partial charge in [0.2, 0.25) is 0 Å². The van der Waals surface area contributed by atoms with E-state index < -0.39 is 0 Å². The van der Waals surface area contributed by atoms with Crippen LogP contribution in [0.15, 0.2) is 22.9 Å². The van der Waals surface area contributed by atoms with Crippen LogP contribution in [0.5, 0.6) is 0 Å². The topological polar surface area (TPSA) is 42.0 Å². The number of nitrogens with one attached hydrogen (secondary N) is 1. The summed E-state index contributed by atoms with van der Waals surface area (Å²) in [6.45, 7) is 0.838. The Labute approximate surface area is 116 Å². The van der Waals surface area contributed by atoms with Crippen molar-refractivity contribution in [2.45, 2.75) is 25.7 Å². The highest BCUT2D eigenvalue weighted by Gasteiger charge is 2.41.